The molecule has 0 aliphatic rings. The third-order valence-corrected chi connectivity index (χ3v) is 1.55. The Balaban J connectivity index is 3.80. The van der Waals surface area contributed by atoms with Gasteiger partial charge in [0.05, 0.1) is 6.61 Å². The molecule has 0 saturated carbocycles. The average molecular weight is 238 g/mol. The number of rotatable bonds is 10. The Morgan fingerprint density at radius 2 is 1.88 bits per heavy atom. The highest BCUT2D eigenvalue weighted by atomic mass is 17.0. The third kappa shape index (κ3) is 8.94. The van der Waals surface area contributed by atoms with Gasteiger partial charge >= 0.3 is 0 Å². The molecule has 0 aliphatic carbocycles. The summed E-state index contributed by atoms with van der Waals surface area (Å²) in [5.41, 5.74) is 0. The van der Waals surface area contributed by atoms with E-state index in [1.807, 2.05) is 6.92 Å². The van der Waals surface area contributed by atoms with Crippen LogP contribution in [0.5, 0.6) is 0 Å². The number of ether oxygens (including phenoxy) is 1. The predicted octanol–water partition coefficient (Wildman–Crippen LogP) is 0.588. The Labute approximate surface area is 91.5 Å². The van der Waals surface area contributed by atoms with Crippen LogP contribution in [0.3, 0.4) is 0 Å². The van der Waals surface area contributed by atoms with E-state index in [2.05, 4.69) is 9.68 Å². The van der Waals surface area contributed by atoms with Crippen LogP contribution in [0.4, 0.5) is 0 Å². The fourth-order valence-electron chi connectivity index (χ4n) is 0.836. The van der Waals surface area contributed by atoms with Crippen LogP contribution >= 0.6 is 0 Å². The monoisotopic (exact) mass is 238 g/mol. The molecule has 0 fully saturated rings. The Morgan fingerprint density at radius 3 is 2.38 bits per heavy atom. The van der Waals surface area contributed by atoms with Crippen molar-refractivity contribution in [3.05, 3.63) is 20.2 Å². The second-order valence-corrected chi connectivity index (χ2v) is 2.90. The molecule has 0 bridgehead atoms. The minimum Gasteiger partial charge on any atom is -0.379 e. The molecule has 16 heavy (non-hydrogen) atoms. The summed E-state index contributed by atoms with van der Waals surface area (Å²) in [7, 11) is 0. The molecule has 0 heterocycles. The standard InChI is InChI=1S/C7H14N2O7/c1-2-3-4-14-5-7(16-9(12)13)6-15-8(10)11/h7H,2-6H2,1H3. The fourth-order valence-corrected chi connectivity index (χ4v) is 0.836. The third-order valence-electron chi connectivity index (χ3n) is 1.55. The van der Waals surface area contributed by atoms with E-state index in [0.717, 1.165) is 12.8 Å². The number of hydrogen-bond acceptors (Lipinski definition) is 7. The van der Waals surface area contributed by atoms with Gasteiger partial charge in [0.1, 0.15) is 6.61 Å². The first-order chi connectivity index (χ1) is 7.56. The minimum atomic E-state index is -1.09. The lowest BCUT2D eigenvalue weighted by Crippen LogP contribution is -2.29. The van der Waals surface area contributed by atoms with Gasteiger partial charge in [-0.05, 0) is 6.42 Å². The van der Waals surface area contributed by atoms with E-state index in [4.69, 9.17) is 4.74 Å². The molecule has 0 rings (SSSR count). The van der Waals surface area contributed by atoms with Gasteiger partial charge in [-0.15, -0.1) is 20.2 Å². The van der Waals surface area contributed by atoms with Crippen molar-refractivity contribution in [2.75, 3.05) is 19.8 Å². The maximum Gasteiger partial charge on any atom is 0.294 e. The molecule has 94 valence electrons. The maximum atomic E-state index is 10.0. The van der Waals surface area contributed by atoms with Gasteiger partial charge in [0.25, 0.3) is 10.2 Å². The summed E-state index contributed by atoms with van der Waals surface area (Å²) >= 11 is 0. The number of nitrogens with zero attached hydrogens (tertiary/aromatic N) is 2. The zero-order valence-electron chi connectivity index (χ0n) is 8.87. The Kier molecular flexibility index (Phi) is 7.76. The van der Waals surface area contributed by atoms with E-state index in [-0.39, 0.29) is 6.61 Å². The van der Waals surface area contributed by atoms with Crippen molar-refractivity contribution in [1.29, 1.82) is 0 Å². The zero-order chi connectivity index (χ0) is 12.4. The van der Waals surface area contributed by atoms with E-state index in [1.54, 1.807) is 0 Å². The van der Waals surface area contributed by atoms with Crippen molar-refractivity contribution >= 4 is 0 Å². The van der Waals surface area contributed by atoms with Gasteiger partial charge in [-0.2, -0.15) is 0 Å². The molecule has 0 saturated heterocycles. The van der Waals surface area contributed by atoms with Gasteiger partial charge in [-0.25, -0.2) is 0 Å². The van der Waals surface area contributed by atoms with Crippen molar-refractivity contribution in [2.24, 2.45) is 0 Å². The van der Waals surface area contributed by atoms with Gasteiger partial charge in [-0.3, -0.25) is 0 Å². The van der Waals surface area contributed by atoms with Crippen LogP contribution in [-0.4, -0.2) is 36.1 Å². The van der Waals surface area contributed by atoms with Crippen LogP contribution in [-0.2, 0) is 14.4 Å². The maximum absolute atomic E-state index is 10.0. The molecule has 0 N–H and O–H groups in total. The lowest BCUT2D eigenvalue weighted by molar-refractivity contribution is -0.790. The molecule has 1 atom stereocenters. The highest BCUT2D eigenvalue weighted by Gasteiger charge is 2.15. The smallest absolute Gasteiger partial charge is 0.294 e. The van der Waals surface area contributed by atoms with E-state index in [9.17, 15) is 20.2 Å². The summed E-state index contributed by atoms with van der Waals surface area (Å²) in [6.45, 7) is 1.74. The van der Waals surface area contributed by atoms with Gasteiger partial charge in [0, 0.05) is 6.61 Å². The molecule has 0 aliphatic heterocycles. The summed E-state index contributed by atoms with van der Waals surface area (Å²) in [5.74, 6) is 0. The Morgan fingerprint density at radius 1 is 1.19 bits per heavy atom. The minimum absolute atomic E-state index is 0.116. The number of unbranched alkanes of at least 4 members (excludes halogenated alkanes) is 1. The number of hydrogen-bond donors (Lipinski definition) is 0. The SMILES string of the molecule is CCCCOCC(CO[N+](=O)[O-])O[N+](=O)[O-]. The molecule has 9 heteroatoms. The molecular formula is C7H14N2O7. The van der Waals surface area contributed by atoms with Crippen molar-refractivity contribution in [1.82, 2.24) is 0 Å². The molecule has 0 aromatic heterocycles. The highest BCUT2D eigenvalue weighted by molar-refractivity contribution is 4.51. The summed E-state index contributed by atoms with van der Waals surface area (Å²) in [6, 6.07) is 0. The van der Waals surface area contributed by atoms with Crippen LogP contribution in [0.1, 0.15) is 19.8 Å². The highest BCUT2D eigenvalue weighted by Crippen LogP contribution is 1.97. The van der Waals surface area contributed by atoms with E-state index < -0.39 is 22.9 Å². The van der Waals surface area contributed by atoms with Crippen LogP contribution < -0.4 is 0 Å². The lowest BCUT2D eigenvalue weighted by Gasteiger charge is -2.13. The van der Waals surface area contributed by atoms with Gasteiger partial charge in [0.15, 0.2) is 6.10 Å². The predicted molar refractivity (Wildman–Crippen MR) is 50.5 cm³/mol. The Bertz CT molecular complexity index is 223. The van der Waals surface area contributed by atoms with Crippen molar-refractivity contribution in [3.8, 4) is 0 Å². The van der Waals surface area contributed by atoms with E-state index >= 15 is 0 Å². The molecule has 9 nitrogen and oxygen atoms in total. The van der Waals surface area contributed by atoms with Crippen LogP contribution in [0, 0.1) is 20.2 Å². The largest absolute Gasteiger partial charge is 0.379 e. The van der Waals surface area contributed by atoms with Gasteiger partial charge in [-0.1, -0.05) is 13.3 Å². The lowest BCUT2D eigenvalue weighted by atomic mass is 10.3. The average Bonchev–Trinajstić information content (AvgIpc) is 2.19. The van der Waals surface area contributed by atoms with Crippen molar-refractivity contribution < 1.29 is 24.6 Å². The molecule has 0 spiro atoms. The molecule has 0 aromatic carbocycles. The fraction of sp³-hybridized carbons (Fsp3) is 1.00. The topological polar surface area (TPSA) is 114 Å². The summed E-state index contributed by atoms with van der Waals surface area (Å²) in [5, 5.41) is 17.9. The van der Waals surface area contributed by atoms with E-state index in [1.165, 1.54) is 0 Å². The summed E-state index contributed by atoms with van der Waals surface area (Å²) in [6.07, 6.45) is 0.644. The second kappa shape index (κ2) is 8.65. The van der Waals surface area contributed by atoms with Crippen LogP contribution in [0.15, 0.2) is 0 Å². The molecule has 1 unspecified atom stereocenters. The normalized spacial score (nSPS) is 11.8. The first kappa shape index (κ1) is 14.4. The second-order valence-electron chi connectivity index (χ2n) is 2.90. The first-order valence-corrected chi connectivity index (χ1v) is 4.72. The summed E-state index contributed by atoms with van der Waals surface area (Å²) in [4.78, 5) is 28.1. The van der Waals surface area contributed by atoms with Crippen LogP contribution in [0.2, 0.25) is 0 Å². The van der Waals surface area contributed by atoms with Crippen molar-refractivity contribution in [3.63, 3.8) is 0 Å². The Hall–Kier alpha value is -1.64. The van der Waals surface area contributed by atoms with Gasteiger partial charge in [0.2, 0.25) is 0 Å². The molecule has 0 amide bonds. The summed E-state index contributed by atoms with van der Waals surface area (Å²) < 4.78 is 5.04. The molecule has 0 radical (unpaired) electrons. The van der Waals surface area contributed by atoms with Crippen molar-refractivity contribution in [2.45, 2.75) is 25.9 Å². The first-order valence-electron chi connectivity index (χ1n) is 4.72. The van der Waals surface area contributed by atoms with E-state index in [0.29, 0.717) is 6.61 Å². The zero-order valence-corrected chi connectivity index (χ0v) is 8.87. The quantitative estimate of drug-likeness (QED) is 0.310. The molecular weight excluding hydrogens is 224 g/mol. The molecule has 0 aromatic rings. The van der Waals surface area contributed by atoms with Gasteiger partial charge < -0.3 is 14.4 Å². The van der Waals surface area contributed by atoms with Crippen LogP contribution in [0.25, 0.3) is 0 Å².